The molecule has 0 unspecified atom stereocenters. The van der Waals surface area contributed by atoms with Crippen LogP contribution in [-0.2, 0) is 6.54 Å². The van der Waals surface area contributed by atoms with Crippen molar-refractivity contribution in [3.05, 3.63) is 22.7 Å². The molecule has 7 heteroatoms. The number of hydrogen-bond acceptors (Lipinski definition) is 5. The molecule has 0 spiro atoms. The van der Waals surface area contributed by atoms with Gasteiger partial charge in [0.1, 0.15) is 5.82 Å². The van der Waals surface area contributed by atoms with Gasteiger partial charge in [-0.3, -0.25) is 4.68 Å². The van der Waals surface area contributed by atoms with Crippen LogP contribution >= 0.6 is 27.5 Å². The van der Waals surface area contributed by atoms with E-state index in [0.29, 0.717) is 11.8 Å². The first-order valence-electron chi connectivity index (χ1n) is 6.54. The van der Waals surface area contributed by atoms with Gasteiger partial charge in [0.05, 0.1) is 10.7 Å². The highest BCUT2D eigenvalue weighted by atomic mass is 79.9. The van der Waals surface area contributed by atoms with E-state index < -0.39 is 0 Å². The molecule has 2 aromatic rings. The van der Waals surface area contributed by atoms with Crippen LogP contribution in [-0.4, -0.2) is 32.2 Å². The zero-order chi connectivity index (χ0) is 12.8. The predicted molar refractivity (Wildman–Crippen MR) is 77.5 cm³/mol. The number of aromatic nitrogens is 4. The molecule has 0 radical (unpaired) electrons. The first-order valence-corrected chi connectivity index (χ1v) is 8.11. The monoisotopic (exact) mass is 339 g/mol. The number of rotatable bonds is 4. The van der Waals surface area contributed by atoms with Crippen LogP contribution < -0.4 is 4.90 Å². The highest BCUT2D eigenvalue weighted by molar-refractivity contribution is 9.10. The Bertz CT molecular complexity index is 584. The second kappa shape index (κ2) is 4.56. The SMILES string of the molecule is Brc1cnn(CC2CN(c3nc(C4CC4)ns3)C2)c1. The maximum Gasteiger partial charge on any atom is 0.205 e. The number of hydrogen-bond donors (Lipinski definition) is 0. The van der Waals surface area contributed by atoms with Gasteiger partial charge in [-0.25, -0.2) is 4.98 Å². The molecule has 5 nitrogen and oxygen atoms in total. The molecule has 2 aliphatic rings. The van der Waals surface area contributed by atoms with Gasteiger partial charge in [0.2, 0.25) is 5.13 Å². The summed E-state index contributed by atoms with van der Waals surface area (Å²) in [5, 5.41) is 5.39. The van der Waals surface area contributed by atoms with Crippen molar-refractivity contribution < 1.29 is 0 Å². The second-order valence-electron chi connectivity index (χ2n) is 5.36. The molecular formula is C12H14BrN5S. The van der Waals surface area contributed by atoms with Crippen LogP contribution in [0.15, 0.2) is 16.9 Å². The largest absolute Gasteiger partial charge is 0.346 e. The zero-order valence-corrected chi connectivity index (χ0v) is 12.8. The summed E-state index contributed by atoms with van der Waals surface area (Å²) in [5.41, 5.74) is 0. The van der Waals surface area contributed by atoms with Crippen molar-refractivity contribution in [3.8, 4) is 0 Å². The van der Waals surface area contributed by atoms with Crippen LogP contribution in [0.3, 0.4) is 0 Å². The fraction of sp³-hybridized carbons (Fsp3) is 0.583. The summed E-state index contributed by atoms with van der Waals surface area (Å²) in [4.78, 5) is 6.97. The second-order valence-corrected chi connectivity index (χ2v) is 7.01. The van der Waals surface area contributed by atoms with Crippen LogP contribution in [0.4, 0.5) is 5.13 Å². The van der Waals surface area contributed by atoms with Crippen molar-refractivity contribution in [3.63, 3.8) is 0 Å². The van der Waals surface area contributed by atoms with E-state index >= 15 is 0 Å². The van der Waals surface area contributed by atoms with Gasteiger partial charge in [-0.15, -0.1) is 0 Å². The Labute approximate surface area is 123 Å². The number of halogens is 1. The first-order chi connectivity index (χ1) is 9.28. The highest BCUT2D eigenvalue weighted by Crippen LogP contribution is 2.40. The summed E-state index contributed by atoms with van der Waals surface area (Å²) >= 11 is 4.97. The summed E-state index contributed by atoms with van der Waals surface area (Å²) < 4.78 is 7.50. The minimum atomic E-state index is 0.656. The zero-order valence-electron chi connectivity index (χ0n) is 10.4. The van der Waals surface area contributed by atoms with Crippen molar-refractivity contribution in [1.29, 1.82) is 0 Å². The molecule has 3 heterocycles. The molecule has 0 aromatic carbocycles. The van der Waals surface area contributed by atoms with Crippen LogP contribution in [0.25, 0.3) is 0 Å². The fourth-order valence-electron chi connectivity index (χ4n) is 2.41. The summed E-state index contributed by atoms with van der Waals surface area (Å²) in [5.74, 6) is 2.39. The van der Waals surface area contributed by atoms with Gasteiger partial charge in [0.15, 0.2) is 0 Å². The molecule has 0 amide bonds. The maximum absolute atomic E-state index is 4.64. The van der Waals surface area contributed by atoms with Crippen LogP contribution in [0.1, 0.15) is 24.6 Å². The molecule has 1 aliphatic heterocycles. The molecule has 4 rings (SSSR count). The molecule has 1 saturated heterocycles. The van der Waals surface area contributed by atoms with E-state index in [0.717, 1.165) is 35.1 Å². The third-order valence-corrected chi connectivity index (χ3v) is 4.85. The van der Waals surface area contributed by atoms with Crippen molar-refractivity contribution in [1.82, 2.24) is 19.1 Å². The molecule has 2 fully saturated rings. The minimum Gasteiger partial charge on any atom is -0.346 e. The summed E-state index contributed by atoms with van der Waals surface area (Å²) in [7, 11) is 0. The molecule has 0 bridgehead atoms. The Hall–Kier alpha value is -0.950. The Morgan fingerprint density at radius 2 is 2.21 bits per heavy atom. The van der Waals surface area contributed by atoms with E-state index in [9.17, 15) is 0 Å². The number of anilines is 1. The van der Waals surface area contributed by atoms with Crippen molar-refractivity contribution in [2.45, 2.75) is 25.3 Å². The van der Waals surface area contributed by atoms with Crippen LogP contribution in [0.5, 0.6) is 0 Å². The van der Waals surface area contributed by atoms with Gasteiger partial charge >= 0.3 is 0 Å². The Morgan fingerprint density at radius 1 is 1.37 bits per heavy atom. The van der Waals surface area contributed by atoms with Crippen molar-refractivity contribution in [2.24, 2.45) is 5.92 Å². The number of nitrogens with zero attached hydrogens (tertiary/aromatic N) is 5. The van der Waals surface area contributed by atoms with E-state index in [-0.39, 0.29) is 0 Å². The maximum atomic E-state index is 4.64. The third-order valence-electron chi connectivity index (χ3n) is 3.65. The van der Waals surface area contributed by atoms with Crippen molar-refractivity contribution >= 4 is 32.6 Å². The molecule has 2 aromatic heterocycles. The van der Waals surface area contributed by atoms with E-state index in [4.69, 9.17) is 0 Å². The Kier molecular flexibility index (Phi) is 2.84. The predicted octanol–water partition coefficient (Wildman–Crippen LogP) is 2.51. The van der Waals surface area contributed by atoms with E-state index in [1.54, 1.807) is 11.5 Å². The lowest BCUT2D eigenvalue weighted by atomic mass is 10.0. The molecule has 0 N–H and O–H groups in total. The summed E-state index contributed by atoms with van der Waals surface area (Å²) in [6.45, 7) is 3.12. The lowest BCUT2D eigenvalue weighted by molar-refractivity contribution is 0.342. The molecule has 100 valence electrons. The molecule has 1 saturated carbocycles. The summed E-state index contributed by atoms with van der Waals surface area (Å²) in [6.07, 6.45) is 6.40. The van der Waals surface area contributed by atoms with E-state index in [2.05, 4.69) is 35.3 Å². The quantitative estimate of drug-likeness (QED) is 0.858. The highest BCUT2D eigenvalue weighted by Gasteiger charge is 2.32. The Morgan fingerprint density at radius 3 is 2.89 bits per heavy atom. The lowest BCUT2D eigenvalue weighted by Gasteiger charge is -2.38. The average Bonchev–Trinajstić information content (AvgIpc) is 2.94. The lowest BCUT2D eigenvalue weighted by Crippen LogP contribution is -2.48. The van der Waals surface area contributed by atoms with Crippen molar-refractivity contribution in [2.75, 3.05) is 18.0 Å². The fourth-order valence-corrected chi connectivity index (χ4v) is 3.50. The molecular weight excluding hydrogens is 326 g/mol. The van der Waals surface area contributed by atoms with Crippen LogP contribution in [0, 0.1) is 5.92 Å². The Balaban J connectivity index is 1.34. The first kappa shape index (κ1) is 11.8. The minimum absolute atomic E-state index is 0.656. The summed E-state index contributed by atoms with van der Waals surface area (Å²) in [6, 6.07) is 0. The van der Waals surface area contributed by atoms with Crippen LogP contribution in [0.2, 0.25) is 0 Å². The van der Waals surface area contributed by atoms with Gasteiger partial charge in [0.25, 0.3) is 0 Å². The smallest absolute Gasteiger partial charge is 0.205 e. The van der Waals surface area contributed by atoms with Gasteiger partial charge in [-0.05, 0) is 28.8 Å². The van der Waals surface area contributed by atoms with Gasteiger partial charge in [0, 0.05) is 49.2 Å². The van der Waals surface area contributed by atoms with Gasteiger partial charge < -0.3 is 4.90 Å². The van der Waals surface area contributed by atoms with Gasteiger partial charge in [-0.1, -0.05) is 0 Å². The standard InChI is InChI=1S/C12H14BrN5S/c13-10-3-14-18(7-10)6-8-4-17(5-8)12-15-11(16-19-12)9-1-2-9/h3,7-9H,1-2,4-6H2. The topological polar surface area (TPSA) is 46.8 Å². The van der Waals surface area contributed by atoms with E-state index in [1.807, 2.05) is 17.1 Å². The molecule has 19 heavy (non-hydrogen) atoms. The molecule has 0 atom stereocenters. The van der Waals surface area contributed by atoms with E-state index in [1.165, 1.54) is 12.8 Å². The molecule has 1 aliphatic carbocycles. The van der Waals surface area contributed by atoms with Gasteiger partial charge in [-0.2, -0.15) is 9.47 Å². The third kappa shape index (κ3) is 2.41. The average molecular weight is 340 g/mol. The normalized spacial score (nSPS) is 19.7.